The highest BCUT2D eigenvalue weighted by atomic mass is 32.2. The fourth-order valence-corrected chi connectivity index (χ4v) is 8.60. The molecule has 0 aromatic heterocycles. The maximum absolute atomic E-state index is 13.6. The van der Waals surface area contributed by atoms with Crippen molar-refractivity contribution in [2.45, 2.75) is 43.3 Å². The lowest BCUT2D eigenvalue weighted by Crippen LogP contribution is -2.58. The molecule has 5 heteroatoms. The van der Waals surface area contributed by atoms with Crippen molar-refractivity contribution >= 4 is 16.7 Å². The smallest absolute Gasteiger partial charge is 0.119 e. The minimum atomic E-state index is -0.801. The van der Waals surface area contributed by atoms with Gasteiger partial charge in [-0.15, -0.1) is 0 Å². The SMILES string of the molecule is COc1ccc(N2CCN([S@@](=O)C34CC5CC(CC(C5)C3)C4)CC2)cc1. The summed E-state index contributed by atoms with van der Waals surface area (Å²) in [5, 5.41) is 0. The average molecular weight is 375 g/mol. The molecule has 0 unspecified atom stereocenters. The summed E-state index contributed by atoms with van der Waals surface area (Å²) in [5.41, 5.74) is 1.24. The Kier molecular flexibility index (Phi) is 4.28. The van der Waals surface area contributed by atoms with E-state index < -0.39 is 11.0 Å². The van der Waals surface area contributed by atoms with Crippen LogP contribution in [0.2, 0.25) is 0 Å². The van der Waals surface area contributed by atoms with Crippen LogP contribution in [0.3, 0.4) is 0 Å². The molecule has 1 heterocycles. The molecule has 1 aromatic carbocycles. The molecule has 142 valence electrons. The molecule has 0 spiro atoms. The molecule has 6 rings (SSSR count). The van der Waals surface area contributed by atoms with Crippen LogP contribution in [-0.4, -0.2) is 46.5 Å². The van der Waals surface area contributed by atoms with Crippen molar-refractivity contribution in [3.63, 3.8) is 0 Å². The van der Waals surface area contributed by atoms with Crippen molar-refractivity contribution < 1.29 is 8.95 Å². The van der Waals surface area contributed by atoms with Crippen LogP contribution < -0.4 is 9.64 Å². The summed E-state index contributed by atoms with van der Waals surface area (Å²) < 4.78 is 21.3. The van der Waals surface area contributed by atoms with Gasteiger partial charge in [0, 0.05) is 31.9 Å². The Morgan fingerprint density at radius 3 is 1.96 bits per heavy atom. The Balaban J connectivity index is 1.24. The Bertz CT molecular complexity index is 646. The van der Waals surface area contributed by atoms with Gasteiger partial charge in [-0.05, 0) is 80.5 Å². The van der Waals surface area contributed by atoms with Crippen LogP contribution in [0.1, 0.15) is 38.5 Å². The number of hydrogen-bond donors (Lipinski definition) is 0. The van der Waals surface area contributed by atoms with Crippen LogP contribution in [0, 0.1) is 17.8 Å². The van der Waals surface area contributed by atoms with Gasteiger partial charge in [-0.3, -0.25) is 0 Å². The third-order valence-electron chi connectivity index (χ3n) is 7.26. The summed E-state index contributed by atoms with van der Waals surface area (Å²) >= 11 is 0. The summed E-state index contributed by atoms with van der Waals surface area (Å²) in [7, 11) is 0.901. The third kappa shape index (κ3) is 2.88. The van der Waals surface area contributed by atoms with Gasteiger partial charge in [-0.1, -0.05) is 0 Å². The number of hydrogen-bond acceptors (Lipinski definition) is 3. The molecule has 5 fully saturated rings. The van der Waals surface area contributed by atoms with E-state index in [1.165, 1.54) is 44.2 Å². The predicted molar refractivity (Wildman–Crippen MR) is 106 cm³/mol. The Labute approximate surface area is 159 Å². The molecule has 4 saturated carbocycles. The fourth-order valence-electron chi connectivity index (χ4n) is 6.42. The highest BCUT2D eigenvalue weighted by Crippen LogP contribution is 2.58. The van der Waals surface area contributed by atoms with Crippen LogP contribution in [0.4, 0.5) is 5.69 Å². The number of piperazine rings is 1. The van der Waals surface area contributed by atoms with Gasteiger partial charge >= 0.3 is 0 Å². The summed E-state index contributed by atoms with van der Waals surface area (Å²) in [6.45, 7) is 3.76. The number of nitrogens with zero attached hydrogens (tertiary/aromatic N) is 2. The van der Waals surface area contributed by atoms with Gasteiger partial charge in [0.1, 0.15) is 16.7 Å². The first-order chi connectivity index (χ1) is 12.6. The number of anilines is 1. The van der Waals surface area contributed by atoms with Crippen LogP contribution >= 0.6 is 0 Å². The molecule has 1 atom stereocenters. The quantitative estimate of drug-likeness (QED) is 0.809. The van der Waals surface area contributed by atoms with Crippen molar-refractivity contribution in [3.8, 4) is 5.75 Å². The van der Waals surface area contributed by atoms with Crippen molar-refractivity contribution in [1.82, 2.24) is 4.31 Å². The maximum atomic E-state index is 13.6. The second-order valence-electron chi connectivity index (χ2n) is 8.96. The van der Waals surface area contributed by atoms with Crippen LogP contribution in [0.5, 0.6) is 5.75 Å². The second-order valence-corrected chi connectivity index (χ2v) is 10.8. The molecular formula is C21H30N2O2S. The lowest BCUT2D eigenvalue weighted by Gasteiger charge is -2.57. The normalized spacial score (nSPS) is 37.7. The van der Waals surface area contributed by atoms with Gasteiger partial charge in [0.25, 0.3) is 0 Å². The van der Waals surface area contributed by atoms with Crippen LogP contribution in [0.25, 0.3) is 0 Å². The maximum Gasteiger partial charge on any atom is 0.119 e. The largest absolute Gasteiger partial charge is 0.497 e. The van der Waals surface area contributed by atoms with Gasteiger partial charge in [-0.2, -0.15) is 0 Å². The van der Waals surface area contributed by atoms with Crippen LogP contribution in [0.15, 0.2) is 24.3 Å². The number of rotatable bonds is 4. The molecule has 5 aliphatic rings. The zero-order valence-corrected chi connectivity index (χ0v) is 16.5. The molecule has 4 aliphatic carbocycles. The van der Waals surface area contributed by atoms with Crippen molar-refractivity contribution in [2.24, 2.45) is 17.8 Å². The van der Waals surface area contributed by atoms with Crippen molar-refractivity contribution in [1.29, 1.82) is 0 Å². The Morgan fingerprint density at radius 2 is 1.46 bits per heavy atom. The third-order valence-corrected chi connectivity index (χ3v) is 9.34. The molecular weight excluding hydrogens is 344 g/mol. The molecule has 1 aromatic rings. The first kappa shape index (κ1) is 17.1. The van der Waals surface area contributed by atoms with E-state index in [1.807, 2.05) is 12.1 Å². The summed E-state index contributed by atoms with van der Waals surface area (Å²) in [6.07, 6.45) is 7.93. The minimum Gasteiger partial charge on any atom is -0.497 e. The van der Waals surface area contributed by atoms with E-state index in [0.29, 0.717) is 0 Å². The lowest BCUT2D eigenvalue weighted by atomic mass is 9.56. The number of ether oxygens (including phenoxy) is 1. The molecule has 0 amide bonds. The van der Waals surface area contributed by atoms with E-state index in [2.05, 4.69) is 21.3 Å². The average Bonchev–Trinajstić information content (AvgIpc) is 2.67. The highest BCUT2D eigenvalue weighted by Gasteiger charge is 2.55. The molecule has 26 heavy (non-hydrogen) atoms. The lowest BCUT2D eigenvalue weighted by molar-refractivity contribution is 0.0339. The van der Waals surface area contributed by atoms with E-state index in [-0.39, 0.29) is 4.75 Å². The predicted octanol–water partition coefficient (Wildman–Crippen LogP) is 3.45. The van der Waals surface area contributed by atoms with E-state index in [9.17, 15) is 4.21 Å². The van der Waals surface area contributed by atoms with Crippen molar-refractivity contribution in [3.05, 3.63) is 24.3 Å². The first-order valence-corrected chi connectivity index (χ1v) is 11.3. The Morgan fingerprint density at radius 1 is 0.923 bits per heavy atom. The highest BCUT2D eigenvalue weighted by molar-refractivity contribution is 7.84. The zero-order valence-electron chi connectivity index (χ0n) is 15.7. The van der Waals surface area contributed by atoms with Gasteiger partial charge in [0.05, 0.1) is 11.9 Å². The van der Waals surface area contributed by atoms with Gasteiger partial charge in [0.2, 0.25) is 0 Å². The fraction of sp³-hybridized carbons (Fsp3) is 0.714. The summed E-state index contributed by atoms with van der Waals surface area (Å²) in [6, 6.07) is 8.31. The van der Waals surface area contributed by atoms with E-state index >= 15 is 0 Å². The van der Waals surface area contributed by atoms with Crippen LogP contribution in [-0.2, 0) is 11.0 Å². The number of methoxy groups -OCH3 is 1. The van der Waals surface area contributed by atoms with Crippen molar-refractivity contribution in [2.75, 3.05) is 38.2 Å². The second kappa shape index (κ2) is 6.52. The molecule has 0 N–H and O–H groups in total. The van der Waals surface area contributed by atoms with E-state index in [0.717, 1.165) is 49.7 Å². The van der Waals surface area contributed by atoms with Gasteiger partial charge in [-0.25, -0.2) is 8.51 Å². The zero-order chi connectivity index (χ0) is 17.7. The molecule has 0 radical (unpaired) electrons. The minimum absolute atomic E-state index is 0.122. The molecule has 4 bridgehead atoms. The monoisotopic (exact) mass is 374 g/mol. The molecule has 1 aliphatic heterocycles. The van der Waals surface area contributed by atoms with Gasteiger partial charge < -0.3 is 9.64 Å². The molecule has 4 nitrogen and oxygen atoms in total. The molecule has 1 saturated heterocycles. The summed E-state index contributed by atoms with van der Waals surface area (Å²) in [5.74, 6) is 3.50. The Hall–Kier alpha value is -1.07. The van der Waals surface area contributed by atoms with E-state index in [4.69, 9.17) is 4.74 Å². The first-order valence-electron chi connectivity index (χ1n) is 10.2. The number of benzene rings is 1. The topological polar surface area (TPSA) is 32.8 Å². The van der Waals surface area contributed by atoms with E-state index in [1.54, 1.807) is 7.11 Å². The van der Waals surface area contributed by atoms with Gasteiger partial charge in [0.15, 0.2) is 0 Å². The summed E-state index contributed by atoms with van der Waals surface area (Å²) in [4.78, 5) is 2.41. The standard InChI is InChI=1S/C21H30N2O2S/c1-25-20-4-2-19(3-5-20)22-6-8-23(9-7-22)26(24)21-13-16-10-17(14-21)12-18(11-16)15-21/h2-5,16-18H,6-15H2,1H3/t16?,17?,18?,21?,26-/m0/s1.